The summed E-state index contributed by atoms with van der Waals surface area (Å²) in [4.78, 5) is 4.22. The highest BCUT2D eigenvalue weighted by atomic mass is 14.9. The fourth-order valence-electron chi connectivity index (χ4n) is 1.11. The molecule has 0 aliphatic heterocycles. The van der Waals surface area contributed by atoms with Crippen molar-refractivity contribution >= 4 is 0 Å². The lowest BCUT2D eigenvalue weighted by Gasteiger charge is -2.03. The lowest BCUT2D eigenvalue weighted by Crippen LogP contribution is -2.19. The Bertz CT molecular complexity index is 211. The molecule has 0 bridgehead atoms. The second-order valence-electron chi connectivity index (χ2n) is 2.95. The number of rotatable bonds is 6. The molecule has 0 spiro atoms. The Hall–Kier alpha value is -0.930. The number of nitrogens with one attached hydrogen (secondary N) is 2. The molecule has 0 fully saturated rings. The standard InChI is InChI=1S/C10H17N3/c1-11-6-4-7-12-9-10-5-2-3-8-13-10/h2-3,5,8,11-12H,4,6-7,9H2,1H3. The summed E-state index contributed by atoms with van der Waals surface area (Å²) in [7, 11) is 1.97. The van der Waals surface area contributed by atoms with Crippen LogP contribution < -0.4 is 10.6 Å². The summed E-state index contributed by atoms with van der Waals surface area (Å²) in [5, 5.41) is 6.44. The van der Waals surface area contributed by atoms with Crippen LogP contribution in [0.2, 0.25) is 0 Å². The Morgan fingerprint density at radius 1 is 1.31 bits per heavy atom. The van der Waals surface area contributed by atoms with Crippen molar-refractivity contribution in [1.82, 2.24) is 15.6 Å². The predicted molar refractivity (Wildman–Crippen MR) is 54.5 cm³/mol. The maximum Gasteiger partial charge on any atom is 0.0541 e. The molecule has 1 heterocycles. The molecule has 0 atom stereocenters. The highest BCUT2D eigenvalue weighted by Crippen LogP contribution is 1.91. The minimum absolute atomic E-state index is 0.866. The van der Waals surface area contributed by atoms with E-state index in [1.54, 1.807) is 0 Å². The molecule has 1 aromatic rings. The van der Waals surface area contributed by atoms with Gasteiger partial charge in [0, 0.05) is 12.7 Å². The second kappa shape index (κ2) is 6.57. The maximum absolute atomic E-state index is 4.22. The average Bonchev–Trinajstić information content (AvgIpc) is 2.19. The zero-order valence-electron chi connectivity index (χ0n) is 8.09. The summed E-state index contributed by atoms with van der Waals surface area (Å²) in [6.07, 6.45) is 2.98. The molecule has 0 saturated carbocycles. The maximum atomic E-state index is 4.22. The quantitative estimate of drug-likeness (QED) is 0.634. The zero-order chi connectivity index (χ0) is 9.36. The van der Waals surface area contributed by atoms with Gasteiger partial charge >= 0.3 is 0 Å². The smallest absolute Gasteiger partial charge is 0.0541 e. The molecule has 0 amide bonds. The summed E-state index contributed by atoms with van der Waals surface area (Å²) in [6.45, 7) is 2.97. The number of pyridine rings is 1. The van der Waals surface area contributed by atoms with E-state index < -0.39 is 0 Å². The number of hydrogen-bond donors (Lipinski definition) is 2. The average molecular weight is 179 g/mol. The molecule has 0 aliphatic carbocycles. The first kappa shape index (κ1) is 10.2. The van der Waals surface area contributed by atoms with Crippen LogP contribution in [0.5, 0.6) is 0 Å². The van der Waals surface area contributed by atoms with E-state index in [9.17, 15) is 0 Å². The van der Waals surface area contributed by atoms with Crippen molar-refractivity contribution in [3.8, 4) is 0 Å². The first-order valence-electron chi connectivity index (χ1n) is 4.68. The van der Waals surface area contributed by atoms with Crippen molar-refractivity contribution < 1.29 is 0 Å². The molecule has 72 valence electrons. The fraction of sp³-hybridized carbons (Fsp3) is 0.500. The third kappa shape index (κ3) is 4.60. The van der Waals surface area contributed by atoms with Crippen LogP contribution >= 0.6 is 0 Å². The first-order chi connectivity index (χ1) is 6.43. The molecule has 0 unspecified atom stereocenters. The second-order valence-corrected chi connectivity index (χ2v) is 2.95. The third-order valence-electron chi connectivity index (χ3n) is 1.81. The SMILES string of the molecule is CNCCCNCc1ccccn1. The van der Waals surface area contributed by atoms with E-state index in [1.807, 2.05) is 31.4 Å². The van der Waals surface area contributed by atoms with Crippen LogP contribution in [0.25, 0.3) is 0 Å². The summed E-state index contributed by atoms with van der Waals surface area (Å²) in [5.41, 5.74) is 1.10. The Labute approximate surface area is 79.6 Å². The van der Waals surface area contributed by atoms with Gasteiger partial charge in [0.2, 0.25) is 0 Å². The lowest BCUT2D eigenvalue weighted by molar-refractivity contribution is 0.619. The normalized spacial score (nSPS) is 10.2. The molecule has 0 aliphatic rings. The van der Waals surface area contributed by atoms with Crippen LogP contribution in [0, 0.1) is 0 Å². The third-order valence-corrected chi connectivity index (χ3v) is 1.81. The van der Waals surface area contributed by atoms with Crippen molar-refractivity contribution in [1.29, 1.82) is 0 Å². The van der Waals surface area contributed by atoms with E-state index in [-0.39, 0.29) is 0 Å². The Morgan fingerprint density at radius 3 is 2.92 bits per heavy atom. The molecule has 0 radical (unpaired) electrons. The van der Waals surface area contributed by atoms with Gasteiger partial charge in [0.05, 0.1) is 5.69 Å². The summed E-state index contributed by atoms with van der Waals surface area (Å²) < 4.78 is 0. The van der Waals surface area contributed by atoms with Gasteiger partial charge in [-0.25, -0.2) is 0 Å². The molecule has 0 aromatic carbocycles. The Morgan fingerprint density at radius 2 is 2.23 bits per heavy atom. The lowest BCUT2D eigenvalue weighted by atomic mass is 10.3. The van der Waals surface area contributed by atoms with Gasteiger partial charge in [-0.1, -0.05) is 6.07 Å². The van der Waals surface area contributed by atoms with E-state index in [0.717, 1.165) is 31.7 Å². The van der Waals surface area contributed by atoms with Gasteiger partial charge in [-0.2, -0.15) is 0 Å². The van der Waals surface area contributed by atoms with Crippen LogP contribution in [-0.4, -0.2) is 25.1 Å². The predicted octanol–water partition coefficient (Wildman–Crippen LogP) is 0.781. The molecular weight excluding hydrogens is 162 g/mol. The molecule has 0 saturated heterocycles. The van der Waals surface area contributed by atoms with Gasteiger partial charge in [-0.15, -0.1) is 0 Å². The van der Waals surface area contributed by atoms with Gasteiger partial charge in [0.1, 0.15) is 0 Å². The monoisotopic (exact) mass is 179 g/mol. The molecule has 3 heteroatoms. The van der Waals surface area contributed by atoms with Gasteiger partial charge in [0.15, 0.2) is 0 Å². The minimum atomic E-state index is 0.866. The highest BCUT2D eigenvalue weighted by molar-refractivity contribution is 5.02. The van der Waals surface area contributed by atoms with Crippen LogP contribution in [-0.2, 0) is 6.54 Å². The fourth-order valence-corrected chi connectivity index (χ4v) is 1.11. The highest BCUT2D eigenvalue weighted by Gasteiger charge is 1.90. The number of hydrogen-bond acceptors (Lipinski definition) is 3. The summed E-state index contributed by atoms with van der Waals surface area (Å²) >= 11 is 0. The zero-order valence-corrected chi connectivity index (χ0v) is 8.09. The van der Waals surface area contributed by atoms with Gasteiger partial charge in [-0.05, 0) is 38.7 Å². The van der Waals surface area contributed by atoms with Crippen LogP contribution in [0.1, 0.15) is 12.1 Å². The van der Waals surface area contributed by atoms with Crippen LogP contribution in [0.3, 0.4) is 0 Å². The molecule has 1 aromatic heterocycles. The summed E-state index contributed by atoms with van der Waals surface area (Å²) in [5.74, 6) is 0. The van der Waals surface area contributed by atoms with Gasteiger partial charge in [0.25, 0.3) is 0 Å². The Kier molecular flexibility index (Phi) is 5.13. The number of nitrogens with zero attached hydrogens (tertiary/aromatic N) is 1. The van der Waals surface area contributed by atoms with E-state index in [1.165, 1.54) is 0 Å². The number of aromatic nitrogens is 1. The van der Waals surface area contributed by atoms with E-state index in [4.69, 9.17) is 0 Å². The van der Waals surface area contributed by atoms with Gasteiger partial charge in [-0.3, -0.25) is 4.98 Å². The molecule has 3 nitrogen and oxygen atoms in total. The molecule has 1 rings (SSSR count). The van der Waals surface area contributed by atoms with Crippen LogP contribution in [0.15, 0.2) is 24.4 Å². The molecular formula is C10H17N3. The van der Waals surface area contributed by atoms with Crippen molar-refractivity contribution in [3.05, 3.63) is 30.1 Å². The van der Waals surface area contributed by atoms with Gasteiger partial charge < -0.3 is 10.6 Å². The molecule has 13 heavy (non-hydrogen) atoms. The van der Waals surface area contributed by atoms with E-state index in [2.05, 4.69) is 15.6 Å². The van der Waals surface area contributed by atoms with Crippen LogP contribution in [0.4, 0.5) is 0 Å². The largest absolute Gasteiger partial charge is 0.320 e. The Balaban J connectivity index is 2.07. The molecule has 2 N–H and O–H groups in total. The topological polar surface area (TPSA) is 37.0 Å². The first-order valence-corrected chi connectivity index (χ1v) is 4.68. The van der Waals surface area contributed by atoms with E-state index >= 15 is 0 Å². The summed E-state index contributed by atoms with van der Waals surface area (Å²) in [6, 6.07) is 5.98. The van der Waals surface area contributed by atoms with Crippen molar-refractivity contribution in [2.24, 2.45) is 0 Å². The minimum Gasteiger partial charge on any atom is -0.320 e. The van der Waals surface area contributed by atoms with Crippen molar-refractivity contribution in [2.45, 2.75) is 13.0 Å². The van der Waals surface area contributed by atoms with E-state index in [0.29, 0.717) is 0 Å². The van der Waals surface area contributed by atoms with Crippen molar-refractivity contribution in [2.75, 3.05) is 20.1 Å². The van der Waals surface area contributed by atoms with Crippen molar-refractivity contribution in [3.63, 3.8) is 0 Å².